The van der Waals surface area contributed by atoms with E-state index in [1.54, 1.807) is 12.1 Å². The summed E-state index contributed by atoms with van der Waals surface area (Å²) in [4.78, 5) is 16.2. The molecule has 0 unspecified atom stereocenters. The minimum Gasteiger partial charge on any atom is -0.457 e. The predicted molar refractivity (Wildman–Crippen MR) is 112 cm³/mol. The molecule has 0 saturated carbocycles. The minimum atomic E-state index is -4.03. The first-order chi connectivity index (χ1) is 14.2. The van der Waals surface area contributed by atoms with E-state index in [4.69, 9.17) is 27.9 Å². The van der Waals surface area contributed by atoms with Gasteiger partial charge in [-0.2, -0.15) is 0 Å². The number of halogens is 3. The first kappa shape index (κ1) is 22.0. The molecular weight excluding hydrogens is 454 g/mol. The molecule has 3 rings (SSSR count). The molecule has 30 heavy (non-hydrogen) atoms. The van der Waals surface area contributed by atoms with Crippen molar-refractivity contribution in [3.8, 4) is 0 Å². The Morgan fingerprint density at radius 2 is 1.80 bits per heavy atom. The molecule has 2 aromatic carbocycles. The zero-order valence-electron chi connectivity index (χ0n) is 15.6. The summed E-state index contributed by atoms with van der Waals surface area (Å²) >= 11 is 11.8. The number of aromatic nitrogens is 1. The fraction of sp³-hybridized carbons (Fsp3) is 0.100. The summed E-state index contributed by atoms with van der Waals surface area (Å²) in [6, 6.07) is 11.9. The Labute approximate surface area is 182 Å². The number of anilines is 1. The summed E-state index contributed by atoms with van der Waals surface area (Å²) in [5.41, 5.74) is 0.751. The number of esters is 1. The second kappa shape index (κ2) is 8.99. The molecule has 3 aromatic rings. The first-order valence-corrected chi connectivity index (χ1v) is 10.7. The van der Waals surface area contributed by atoms with Gasteiger partial charge in [-0.15, -0.1) is 0 Å². The fourth-order valence-corrected chi connectivity index (χ4v) is 4.02. The van der Waals surface area contributed by atoms with Gasteiger partial charge in [0, 0.05) is 18.8 Å². The van der Waals surface area contributed by atoms with E-state index in [-0.39, 0.29) is 27.8 Å². The van der Waals surface area contributed by atoms with Gasteiger partial charge in [0.25, 0.3) is 10.0 Å². The Hall–Kier alpha value is -2.68. The monoisotopic (exact) mass is 468 g/mol. The third kappa shape index (κ3) is 4.89. The van der Waals surface area contributed by atoms with E-state index in [1.165, 1.54) is 37.5 Å². The van der Waals surface area contributed by atoms with Gasteiger partial charge in [-0.1, -0.05) is 29.3 Å². The third-order valence-corrected chi connectivity index (χ3v) is 6.50. The average Bonchev–Trinajstić information content (AvgIpc) is 2.73. The number of hydrogen-bond donors (Lipinski definition) is 0. The number of rotatable bonds is 6. The van der Waals surface area contributed by atoms with Crippen LogP contribution in [0.5, 0.6) is 0 Å². The number of hydrogen-bond acceptors (Lipinski definition) is 5. The highest BCUT2D eigenvalue weighted by Gasteiger charge is 2.24. The quantitative estimate of drug-likeness (QED) is 0.386. The molecule has 0 bridgehead atoms. The van der Waals surface area contributed by atoms with Crippen LogP contribution in [0.25, 0.3) is 0 Å². The molecule has 0 fully saturated rings. The smallest absolute Gasteiger partial charge is 0.340 e. The maximum atomic E-state index is 13.1. The number of benzene rings is 2. The lowest BCUT2D eigenvalue weighted by atomic mass is 10.2. The first-order valence-electron chi connectivity index (χ1n) is 8.50. The molecular formula is C20H15Cl2FN2O4S. The molecule has 1 aromatic heterocycles. The van der Waals surface area contributed by atoms with E-state index >= 15 is 0 Å². The number of sulfonamides is 1. The largest absolute Gasteiger partial charge is 0.457 e. The van der Waals surface area contributed by atoms with Crippen molar-refractivity contribution in [3.63, 3.8) is 0 Å². The molecule has 0 atom stereocenters. The predicted octanol–water partition coefficient (Wildman–Crippen LogP) is 4.71. The third-order valence-electron chi connectivity index (χ3n) is 4.16. The van der Waals surface area contributed by atoms with Crippen molar-refractivity contribution in [3.05, 3.63) is 87.9 Å². The van der Waals surface area contributed by atoms with Crippen molar-refractivity contribution in [1.82, 2.24) is 4.98 Å². The van der Waals surface area contributed by atoms with Crippen LogP contribution in [-0.2, 0) is 21.4 Å². The highest BCUT2D eigenvalue weighted by Crippen LogP contribution is 2.26. The zero-order chi connectivity index (χ0) is 21.9. The summed E-state index contributed by atoms with van der Waals surface area (Å²) in [6.07, 6.45) is 1.45. The molecule has 0 radical (unpaired) electrons. The highest BCUT2D eigenvalue weighted by molar-refractivity contribution is 7.92. The fourth-order valence-electron chi connectivity index (χ4n) is 2.49. The van der Waals surface area contributed by atoms with Crippen LogP contribution in [0, 0.1) is 5.82 Å². The van der Waals surface area contributed by atoms with Gasteiger partial charge >= 0.3 is 5.97 Å². The Kier molecular flexibility index (Phi) is 6.60. The molecule has 0 aliphatic heterocycles. The molecule has 1 heterocycles. The van der Waals surface area contributed by atoms with Crippen molar-refractivity contribution < 1.29 is 22.3 Å². The van der Waals surface area contributed by atoms with Gasteiger partial charge in [0.15, 0.2) is 0 Å². The van der Waals surface area contributed by atoms with Crippen molar-refractivity contribution in [2.45, 2.75) is 11.5 Å². The lowest BCUT2D eigenvalue weighted by molar-refractivity contribution is 0.0472. The Balaban J connectivity index is 1.83. The van der Waals surface area contributed by atoms with Gasteiger partial charge in [-0.05, 0) is 48.5 Å². The molecule has 0 N–H and O–H groups in total. The SMILES string of the molecule is CN(c1ccc(F)cc1)S(=O)(=O)c1ccc(Cl)c(C(=O)OCc2ccc(Cl)nc2)c1. The standard InChI is InChI=1S/C20H15Cl2FN2O4S/c1-25(15-5-3-14(23)4-6-15)30(27,28)16-7-8-18(21)17(10-16)20(26)29-12-13-2-9-19(22)24-11-13/h2-11H,12H2,1H3. The van der Waals surface area contributed by atoms with E-state index in [0.29, 0.717) is 10.7 Å². The van der Waals surface area contributed by atoms with Crippen LogP contribution in [-0.4, -0.2) is 26.4 Å². The average molecular weight is 469 g/mol. The maximum absolute atomic E-state index is 13.1. The van der Waals surface area contributed by atoms with Gasteiger partial charge in [-0.25, -0.2) is 22.6 Å². The number of nitrogens with zero attached hydrogens (tertiary/aromatic N) is 2. The van der Waals surface area contributed by atoms with E-state index in [2.05, 4.69) is 4.98 Å². The van der Waals surface area contributed by atoms with Crippen LogP contribution in [0.1, 0.15) is 15.9 Å². The van der Waals surface area contributed by atoms with Crippen molar-refractivity contribution >= 4 is 44.9 Å². The Bertz CT molecular complexity index is 1170. The van der Waals surface area contributed by atoms with E-state index in [9.17, 15) is 17.6 Å². The van der Waals surface area contributed by atoms with Crippen LogP contribution in [0.3, 0.4) is 0 Å². The van der Waals surface area contributed by atoms with E-state index in [1.807, 2.05) is 0 Å². The van der Waals surface area contributed by atoms with Crippen LogP contribution >= 0.6 is 23.2 Å². The van der Waals surface area contributed by atoms with Crippen LogP contribution in [0.4, 0.5) is 10.1 Å². The van der Waals surface area contributed by atoms with Crippen LogP contribution in [0.15, 0.2) is 65.7 Å². The van der Waals surface area contributed by atoms with Gasteiger partial charge < -0.3 is 4.74 Å². The van der Waals surface area contributed by atoms with Gasteiger partial charge in [0.1, 0.15) is 17.6 Å². The molecule has 6 nitrogen and oxygen atoms in total. The van der Waals surface area contributed by atoms with Gasteiger partial charge in [0.05, 0.1) is 21.2 Å². The minimum absolute atomic E-state index is 0.0395. The Morgan fingerprint density at radius 1 is 1.10 bits per heavy atom. The van der Waals surface area contributed by atoms with Gasteiger partial charge in [-0.3, -0.25) is 4.31 Å². The van der Waals surface area contributed by atoms with Crippen molar-refractivity contribution in [2.24, 2.45) is 0 Å². The lowest BCUT2D eigenvalue weighted by Gasteiger charge is -2.20. The summed E-state index contributed by atoms with van der Waals surface area (Å²) in [7, 11) is -2.71. The molecule has 0 amide bonds. The molecule has 0 saturated heterocycles. The van der Waals surface area contributed by atoms with Crippen LogP contribution in [0.2, 0.25) is 10.2 Å². The summed E-state index contributed by atoms with van der Waals surface area (Å²) in [5.74, 6) is -1.28. The maximum Gasteiger partial charge on any atom is 0.340 e. The topological polar surface area (TPSA) is 76.6 Å². The molecule has 0 aliphatic rings. The summed E-state index contributed by atoms with van der Waals surface area (Å²) in [6.45, 7) is -0.0915. The zero-order valence-corrected chi connectivity index (χ0v) is 17.9. The summed E-state index contributed by atoms with van der Waals surface area (Å²) in [5, 5.41) is 0.342. The van der Waals surface area contributed by atoms with Crippen LogP contribution < -0.4 is 4.31 Å². The second-order valence-electron chi connectivity index (χ2n) is 6.16. The molecule has 156 valence electrons. The molecule has 0 aliphatic carbocycles. The molecule has 10 heteroatoms. The molecule has 0 spiro atoms. The van der Waals surface area contributed by atoms with E-state index in [0.717, 1.165) is 22.5 Å². The normalized spacial score (nSPS) is 11.2. The van der Waals surface area contributed by atoms with E-state index < -0.39 is 21.8 Å². The second-order valence-corrected chi connectivity index (χ2v) is 8.92. The van der Waals surface area contributed by atoms with Crippen molar-refractivity contribution in [1.29, 1.82) is 0 Å². The number of carbonyl (C=O) groups is 1. The lowest BCUT2D eigenvalue weighted by Crippen LogP contribution is -2.26. The number of carbonyl (C=O) groups excluding carboxylic acids is 1. The number of pyridine rings is 1. The number of ether oxygens (including phenoxy) is 1. The highest BCUT2D eigenvalue weighted by atomic mass is 35.5. The van der Waals surface area contributed by atoms with Crippen molar-refractivity contribution in [2.75, 3.05) is 11.4 Å². The summed E-state index contributed by atoms with van der Waals surface area (Å²) < 4.78 is 45.2. The Morgan fingerprint density at radius 3 is 2.43 bits per heavy atom. The van der Waals surface area contributed by atoms with Gasteiger partial charge in [0.2, 0.25) is 0 Å².